The lowest BCUT2D eigenvalue weighted by Gasteiger charge is -2.19. The predicted octanol–water partition coefficient (Wildman–Crippen LogP) is 2.64. The number of aliphatic hydroxyl groups is 1. The van der Waals surface area contributed by atoms with Crippen LogP contribution in [0.25, 0.3) is 0 Å². The fourth-order valence-corrected chi connectivity index (χ4v) is 3.38. The highest BCUT2D eigenvalue weighted by atomic mass is 16.5. The maximum absolute atomic E-state index is 10.4. The van der Waals surface area contributed by atoms with E-state index in [0.29, 0.717) is 12.6 Å². The third-order valence-corrected chi connectivity index (χ3v) is 4.91. The van der Waals surface area contributed by atoms with Crippen molar-refractivity contribution in [3.63, 3.8) is 0 Å². The smallest absolute Gasteiger partial charge is 0.119 e. The summed E-state index contributed by atoms with van der Waals surface area (Å²) in [5.74, 6) is 0.782. The predicted molar refractivity (Wildman–Crippen MR) is 101 cm³/mol. The second-order valence-electron chi connectivity index (χ2n) is 6.72. The van der Waals surface area contributed by atoms with Gasteiger partial charge in [-0.25, -0.2) is 0 Å². The first-order valence-electron chi connectivity index (χ1n) is 9.06. The molecule has 0 amide bonds. The molecule has 1 fully saturated rings. The zero-order valence-corrected chi connectivity index (χ0v) is 14.9. The van der Waals surface area contributed by atoms with Crippen LogP contribution in [0.1, 0.15) is 23.7 Å². The number of ether oxygens (including phenoxy) is 1. The van der Waals surface area contributed by atoms with E-state index in [2.05, 4.69) is 40.5 Å². The van der Waals surface area contributed by atoms with Crippen molar-refractivity contribution in [2.75, 3.05) is 33.3 Å². The topological polar surface area (TPSA) is 44.7 Å². The molecule has 2 unspecified atom stereocenters. The molecule has 1 aliphatic rings. The Hall–Kier alpha value is -1.88. The third-order valence-electron chi connectivity index (χ3n) is 4.91. The van der Waals surface area contributed by atoms with E-state index in [1.807, 2.05) is 24.3 Å². The average molecular weight is 340 g/mol. The summed E-state index contributed by atoms with van der Waals surface area (Å²) in [6.45, 7) is 3.85. The fraction of sp³-hybridized carbons (Fsp3) is 0.429. The molecule has 0 radical (unpaired) electrons. The van der Waals surface area contributed by atoms with Gasteiger partial charge in [0.1, 0.15) is 5.75 Å². The molecular formula is C21H28N2O2. The molecule has 4 heteroatoms. The Balaban J connectivity index is 1.40. The van der Waals surface area contributed by atoms with Crippen LogP contribution in [-0.4, -0.2) is 49.3 Å². The minimum absolute atomic E-state index is 0.455. The molecular weight excluding hydrogens is 312 g/mol. The average Bonchev–Trinajstić information content (AvgIpc) is 3.13. The molecule has 1 saturated heterocycles. The fourth-order valence-electron chi connectivity index (χ4n) is 3.38. The summed E-state index contributed by atoms with van der Waals surface area (Å²) in [5.41, 5.74) is 2.29. The van der Waals surface area contributed by atoms with Crippen LogP contribution >= 0.6 is 0 Å². The largest absolute Gasteiger partial charge is 0.497 e. The van der Waals surface area contributed by atoms with Crippen LogP contribution in [-0.2, 0) is 6.42 Å². The molecule has 0 aromatic heterocycles. The standard InChI is InChI=1S/C21H28N2O2/c1-25-20-9-5-8-18(14-20)21(24)15-22-19-11-13-23(16-19)12-10-17-6-3-2-4-7-17/h2-9,14,19,21-22,24H,10-13,15-16H2,1H3. The molecule has 0 saturated carbocycles. The number of likely N-dealkylation sites (tertiary alicyclic amines) is 1. The molecule has 2 atom stereocenters. The highest BCUT2D eigenvalue weighted by Crippen LogP contribution is 2.19. The van der Waals surface area contributed by atoms with Crippen molar-refractivity contribution in [3.8, 4) is 5.75 Å². The first-order valence-corrected chi connectivity index (χ1v) is 9.06. The van der Waals surface area contributed by atoms with Gasteiger partial charge < -0.3 is 20.1 Å². The Bertz CT molecular complexity index is 647. The zero-order chi connectivity index (χ0) is 17.5. The van der Waals surface area contributed by atoms with Crippen molar-refractivity contribution in [3.05, 3.63) is 65.7 Å². The lowest BCUT2D eigenvalue weighted by atomic mass is 10.1. The summed E-state index contributed by atoms with van der Waals surface area (Å²) in [6.07, 6.45) is 1.73. The molecule has 0 bridgehead atoms. The number of nitrogens with zero attached hydrogens (tertiary/aromatic N) is 1. The number of methoxy groups -OCH3 is 1. The second-order valence-corrected chi connectivity index (χ2v) is 6.72. The van der Waals surface area contributed by atoms with Crippen molar-refractivity contribution < 1.29 is 9.84 Å². The van der Waals surface area contributed by atoms with Gasteiger partial charge in [0.2, 0.25) is 0 Å². The molecule has 134 valence electrons. The van der Waals surface area contributed by atoms with E-state index in [9.17, 15) is 5.11 Å². The van der Waals surface area contributed by atoms with Gasteiger partial charge in [-0.05, 0) is 42.6 Å². The Labute approximate surface area is 150 Å². The number of aliphatic hydroxyl groups excluding tert-OH is 1. The normalized spacial score (nSPS) is 19.0. The summed E-state index contributed by atoms with van der Waals surface area (Å²) >= 11 is 0. The molecule has 0 spiro atoms. The molecule has 1 heterocycles. The zero-order valence-electron chi connectivity index (χ0n) is 14.9. The molecule has 2 aromatic rings. The summed E-state index contributed by atoms with van der Waals surface area (Å²) in [7, 11) is 1.65. The summed E-state index contributed by atoms with van der Waals surface area (Å²) in [6, 6.07) is 18.7. The van der Waals surface area contributed by atoms with Crippen LogP contribution in [0.5, 0.6) is 5.75 Å². The summed E-state index contributed by atoms with van der Waals surface area (Å²) in [5, 5.41) is 13.9. The first-order chi connectivity index (χ1) is 12.2. The van der Waals surface area contributed by atoms with Crippen LogP contribution in [0.15, 0.2) is 54.6 Å². The van der Waals surface area contributed by atoms with Gasteiger partial charge in [0.15, 0.2) is 0 Å². The monoisotopic (exact) mass is 340 g/mol. The van der Waals surface area contributed by atoms with Gasteiger partial charge in [0.05, 0.1) is 13.2 Å². The van der Waals surface area contributed by atoms with E-state index >= 15 is 0 Å². The van der Waals surface area contributed by atoms with Crippen molar-refractivity contribution in [1.29, 1.82) is 0 Å². The molecule has 0 aliphatic carbocycles. The maximum atomic E-state index is 10.4. The Kier molecular flexibility index (Phi) is 6.45. The molecule has 25 heavy (non-hydrogen) atoms. The van der Waals surface area contributed by atoms with E-state index < -0.39 is 6.10 Å². The number of benzene rings is 2. The van der Waals surface area contributed by atoms with Gasteiger partial charge in [0, 0.05) is 25.7 Å². The van der Waals surface area contributed by atoms with Crippen molar-refractivity contribution >= 4 is 0 Å². The Morgan fingerprint density at radius 3 is 2.84 bits per heavy atom. The van der Waals surface area contributed by atoms with Crippen LogP contribution in [0, 0.1) is 0 Å². The Morgan fingerprint density at radius 1 is 1.20 bits per heavy atom. The van der Waals surface area contributed by atoms with E-state index in [0.717, 1.165) is 43.8 Å². The van der Waals surface area contributed by atoms with E-state index in [1.54, 1.807) is 7.11 Å². The van der Waals surface area contributed by atoms with Gasteiger partial charge in [-0.1, -0.05) is 42.5 Å². The van der Waals surface area contributed by atoms with Gasteiger partial charge in [0.25, 0.3) is 0 Å². The van der Waals surface area contributed by atoms with Crippen LogP contribution in [0.4, 0.5) is 0 Å². The van der Waals surface area contributed by atoms with Gasteiger partial charge in [-0.3, -0.25) is 0 Å². The number of hydrogen-bond donors (Lipinski definition) is 2. The van der Waals surface area contributed by atoms with Crippen LogP contribution in [0.3, 0.4) is 0 Å². The van der Waals surface area contributed by atoms with Gasteiger partial charge in [-0.15, -0.1) is 0 Å². The lowest BCUT2D eigenvalue weighted by Crippen LogP contribution is -2.35. The van der Waals surface area contributed by atoms with Crippen molar-refractivity contribution in [1.82, 2.24) is 10.2 Å². The first kappa shape index (κ1) is 17.9. The van der Waals surface area contributed by atoms with Crippen molar-refractivity contribution in [2.45, 2.75) is 25.0 Å². The van der Waals surface area contributed by atoms with Crippen LogP contribution < -0.4 is 10.1 Å². The molecule has 2 N–H and O–H groups in total. The molecule has 4 nitrogen and oxygen atoms in total. The van der Waals surface area contributed by atoms with Gasteiger partial charge >= 0.3 is 0 Å². The van der Waals surface area contributed by atoms with E-state index in [4.69, 9.17) is 4.74 Å². The number of nitrogens with one attached hydrogen (secondary N) is 1. The van der Waals surface area contributed by atoms with Crippen LogP contribution in [0.2, 0.25) is 0 Å². The number of hydrogen-bond acceptors (Lipinski definition) is 4. The van der Waals surface area contributed by atoms with Crippen molar-refractivity contribution in [2.24, 2.45) is 0 Å². The molecule has 2 aromatic carbocycles. The minimum Gasteiger partial charge on any atom is -0.497 e. The second kappa shape index (κ2) is 8.99. The third kappa shape index (κ3) is 5.30. The quantitative estimate of drug-likeness (QED) is 0.775. The minimum atomic E-state index is -0.506. The highest BCUT2D eigenvalue weighted by Gasteiger charge is 2.22. The maximum Gasteiger partial charge on any atom is 0.119 e. The molecule has 1 aliphatic heterocycles. The van der Waals surface area contributed by atoms with E-state index in [1.165, 1.54) is 5.56 Å². The SMILES string of the molecule is COc1cccc(C(O)CNC2CCN(CCc3ccccc3)C2)c1. The number of rotatable bonds is 8. The Morgan fingerprint density at radius 2 is 2.04 bits per heavy atom. The highest BCUT2D eigenvalue weighted by molar-refractivity contribution is 5.29. The van der Waals surface area contributed by atoms with E-state index in [-0.39, 0.29) is 0 Å². The summed E-state index contributed by atoms with van der Waals surface area (Å²) < 4.78 is 5.22. The van der Waals surface area contributed by atoms with Gasteiger partial charge in [-0.2, -0.15) is 0 Å². The lowest BCUT2D eigenvalue weighted by molar-refractivity contribution is 0.169. The molecule has 3 rings (SSSR count). The summed E-state index contributed by atoms with van der Waals surface area (Å²) in [4.78, 5) is 2.50.